The Kier molecular flexibility index (Phi) is 7.03. The molecule has 174 valence electrons. The second kappa shape index (κ2) is 10.1. The number of benzene rings is 3. The summed E-state index contributed by atoms with van der Waals surface area (Å²) in [6.45, 7) is 4.62. The summed E-state index contributed by atoms with van der Waals surface area (Å²) in [5.41, 5.74) is 5.12. The standard InChI is InChI=1S/C27H25BrN2O4/c1-17-4-8-19(9-5-17)15-30-26(31)23(29-27(30)32)13-21-12-22(28)25(24(14-21)33-3)34-16-20-10-6-18(2)7-11-20/h4-14H,15-16H2,1-3H3,(H,29,32)/b23-13+. The van der Waals surface area contributed by atoms with Gasteiger partial charge >= 0.3 is 6.03 Å². The van der Waals surface area contributed by atoms with E-state index in [9.17, 15) is 9.59 Å². The number of amides is 3. The van der Waals surface area contributed by atoms with Crippen LogP contribution in [-0.4, -0.2) is 23.9 Å². The number of methoxy groups -OCH3 is 1. The number of urea groups is 1. The number of hydrogen-bond acceptors (Lipinski definition) is 4. The number of hydrogen-bond donors (Lipinski definition) is 1. The Balaban J connectivity index is 1.52. The molecule has 1 saturated heterocycles. The minimum absolute atomic E-state index is 0.208. The molecule has 1 fully saturated rings. The van der Waals surface area contributed by atoms with Crippen LogP contribution in [0.5, 0.6) is 11.5 Å². The topological polar surface area (TPSA) is 67.9 Å². The fourth-order valence-electron chi connectivity index (χ4n) is 3.56. The minimum atomic E-state index is -0.444. The highest BCUT2D eigenvalue weighted by molar-refractivity contribution is 9.10. The molecule has 3 amide bonds. The monoisotopic (exact) mass is 520 g/mol. The number of nitrogens with one attached hydrogen (secondary N) is 1. The maximum absolute atomic E-state index is 12.9. The molecule has 1 N–H and O–H groups in total. The van der Waals surface area contributed by atoms with Gasteiger partial charge < -0.3 is 14.8 Å². The molecule has 6 nitrogen and oxygen atoms in total. The number of nitrogens with zero attached hydrogens (tertiary/aromatic N) is 1. The Bertz CT molecular complexity index is 1250. The zero-order chi connectivity index (χ0) is 24.2. The summed E-state index contributed by atoms with van der Waals surface area (Å²) >= 11 is 3.55. The lowest BCUT2D eigenvalue weighted by Crippen LogP contribution is -2.30. The molecule has 0 aromatic heterocycles. The van der Waals surface area contributed by atoms with Gasteiger partial charge in [-0.25, -0.2) is 4.79 Å². The van der Waals surface area contributed by atoms with E-state index in [0.717, 1.165) is 16.7 Å². The van der Waals surface area contributed by atoms with Gasteiger partial charge in [0.05, 0.1) is 18.1 Å². The van der Waals surface area contributed by atoms with Crippen LogP contribution < -0.4 is 14.8 Å². The lowest BCUT2D eigenvalue weighted by atomic mass is 10.1. The maximum atomic E-state index is 12.9. The number of halogens is 1. The van der Waals surface area contributed by atoms with Crippen LogP contribution in [0.4, 0.5) is 4.79 Å². The normalized spacial score (nSPS) is 14.5. The van der Waals surface area contributed by atoms with Crippen LogP contribution in [-0.2, 0) is 17.9 Å². The largest absolute Gasteiger partial charge is 0.493 e. The molecule has 0 radical (unpaired) electrons. The molecular weight excluding hydrogens is 496 g/mol. The maximum Gasteiger partial charge on any atom is 0.329 e. The number of rotatable bonds is 7. The molecule has 1 aliphatic rings. The van der Waals surface area contributed by atoms with E-state index < -0.39 is 6.03 Å². The van der Waals surface area contributed by atoms with Crippen molar-refractivity contribution in [1.82, 2.24) is 10.2 Å². The zero-order valence-electron chi connectivity index (χ0n) is 19.2. The van der Waals surface area contributed by atoms with Gasteiger partial charge in [-0.3, -0.25) is 9.69 Å². The van der Waals surface area contributed by atoms with Crippen molar-refractivity contribution in [2.45, 2.75) is 27.0 Å². The smallest absolute Gasteiger partial charge is 0.329 e. The van der Waals surface area contributed by atoms with Crippen LogP contribution in [0.15, 0.2) is 70.8 Å². The number of imide groups is 1. The summed E-state index contributed by atoms with van der Waals surface area (Å²) in [7, 11) is 1.56. The molecule has 7 heteroatoms. The first-order valence-corrected chi connectivity index (χ1v) is 11.6. The van der Waals surface area contributed by atoms with Crippen molar-refractivity contribution >= 4 is 33.9 Å². The van der Waals surface area contributed by atoms with Crippen LogP contribution in [0.2, 0.25) is 0 Å². The quantitative estimate of drug-likeness (QED) is 0.318. The first-order valence-electron chi connectivity index (χ1n) is 10.8. The molecule has 1 heterocycles. The SMILES string of the molecule is COc1cc(/C=C2/NC(=O)N(Cc3ccc(C)cc3)C2=O)cc(Br)c1OCc1ccc(C)cc1. The molecule has 4 rings (SSSR count). The van der Waals surface area contributed by atoms with E-state index >= 15 is 0 Å². The highest BCUT2D eigenvalue weighted by atomic mass is 79.9. The highest BCUT2D eigenvalue weighted by Crippen LogP contribution is 2.38. The van der Waals surface area contributed by atoms with Crippen LogP contribution >= 0.6 is 15.9 Å². The fraction of sp³-hybridized carbons (Fsp3) is 0.185. The van der Waals surface area contributed by atoms with Crippen LogP contribution in [0.3, 0.4) is 0 Å². The molecule has 3 aromatic rings. The van der Waals surface area contributed by atoms with Gasteiger partial charge in [0.2, 0.25) is 0 Å². The van der Waals surface area contributed by atoms with E-state index in [2.05, 4.69) is 21.2 Å². The van der Waals surface area contributed by atoms with Crippen LogP contribution in [0.1, 0.15) is 27.8 Å². The van der Waals surface area contributed by atoms with Crippen LogP contribution in [0.25, 0.3) is 6.08 Å². The molecule has 0 spiro atoms. The van der Waals surface area contributed by atoms with Crippen molar-refractivity contribution in [3.63, 3.8) is 0 Å². The average Bonchev–Trinajstić information content (AvgIpc) is 3.07. The molecule has 34 heavy (non-hydrogen) atoms. The van der Waals surface area contributed by atoms with Crippen molar-refractivity contribution in [3.8, 4) is 11.5 Å². The second-order valence-electron chi connectivity index (χ2n) is 8.17. The van der Waals surface area contributed by atoms with Gasteiger partial charge in [0.25, 0.3) is 5.91 Å². The van der Waals surface area contributed by atoms with Crippen molar-refractivity contribution < 1.29 is 19.1 Å². The highest BCUT2D eigenvalue weighted by Gasteiger charge is 2.33. The van der Waals surface area contributed by atoms with Gasteiger partial charge in [-0.15, -0.1) is 0 Å². The van der Waals surface area contributed by atoms with Gasteiger partial charge in [-0.2, -0.15) is 0 Å². The van der Waals surface area contributed by atoms with Crippen LogP contribution in [0, 0.1) is 13.8 Å². The lowest BCUT2D eigenvalue weighted by Gasteiger charge is -2.14. The van der Waals surface area contributed by atoms with E-state index in [0.29, 0.717) is 28.1 Å². The molecule has 0 unspecified atom stereocenters. The fourth-order valence-corrected chi connectivity index (χ4v) is 4.14. The van der Waals surface area contributed by atoms with E-state index in [1.54, 1.807) is 19.3 Å². The van der Waals surface area contributed by atoms with E-state index in [4.69, 9.17) is 9.47 Å². The molecule has 0 atom stereocenters. The average molecular weight is 521 g/mol. The predicted molar refractivity (Wildman–Crippen MR) is 134 cm³/mol. The number of ether oxygens (including phenoxy) is 2. The Hall–Kier alpha value is -3.58. The van der Waals surface area contributed by atoms with E-state index in [1.165, 1.54) is 10.5 Å². The summed E-state index contributed by atoms with van der Waals surface area (Å²) in [6.07, 6.45) is 1.63. The summed E-state index contributed by atoms with van der Waals surface area (Å²) in [6, 6.07) is 19.0. The van der Waals surface area contributed by atoms with Crippen molar-refractivity contribution in [1.29, 1.82) is 0 Å². The predicted octanol–water partition coefficient (Wildman–Crippen LogP) is 5.75. The summed E-state index contributed by atoms with van der Waals surface area (Å²) in [5.74, 6) is 0.704. The summed E-state index contributed by atoms with van der Waals surface area (Å²) in [5, 5.41) is 2.67. The summed E-state index contributed by atoms with van der Waals surface area (Å²) in [4.78, 5) is 26.5. The summed E-state index contributed by atoms with van der Waals surface area (Å²) < 4.78 is 12.2. The zero-order valence-corrected chi connectivity index (χ0v) is 20.8. The number of aryl methyl sites for hydroxylation is 2. The van der Waals surface area contributed by atoms with Crippen molar-refractivity contribution in [3.05, 3.63) is 98.7 Å². The van der Waals surface area contributed by atoms with Gasteiger partial charge in [-0.05, 0) is 64.7 Å². The Morgan fingerprint density at radius 2 is 1.56 bits per heavy atom. The Labute approximate surface area is 207 Å². The third-order valence-electron chi connectivity index (χ3n) is 5.49. The number of carbonyl (C=O) groups excluding carboxylic acids is 2. The van der Waals surface area contributed by atoms with E-state index in [-0.39, 0.29) is 18.1 Å². The van der Waals surface area contributed by atoms with Gasteiger partial charge in [0, 0.05) is 0 Å². The second-order valence-corrected chi connectivity index (χ2v) is 9.03. The molecule has 0 aliphatic carbocycles. The minimum Gasteiger partial charge on any atom is -0.493 e. The molecule has 0 bridgehead atoms. The van der Waals surface area contributed by atoms with Gasteiger partial charge in [0.1, 0.15) is 12.3 Å². The van der Waals surface area contributed by atoms with Gasteiger partial charge in [-0.1, -0.05) is 59.7 Å². The molecule has 1 aliphatic heterocycles. The molecular formula is C27H25BrN2O4. The number of carbonyl (C=O) groups is 2. The van der Waals surface area contributed by atoms with Gasteiger partial charge in [0.15, 0.2) is 11.5 Å². The third kappa shape index (κ3) is 5.31. The third-order valence-corrected chi connectivity index (χ3v) is 6.08. The lowest BCUT2D eigenvalue weighted by molar-refractivity contribution is -0.123. The Morgan fingerprint density at radius 1 is 0.941 bits per heavy atom. The molecule has 3 aromatic carbocycles. The Morgan fingerprint density at radius 3 is 2.18 bits per heavy atom. The van der Waals surface area contributed by atoms with E-state index in [1.807, 2.05) is 68.4 Å². The first-order chi connectivity index (χ1) is 16.3. The van der Waals surface area contributed by atoms with Crippen molar-refractivity contribution in [2.75, 3.05) is 7.11 Å². The van der Waals surface area contributed by atoms with Crippen molar-refractivity contribution in [2.24, 2.45) is 0 Å². The first kappa shape index (κ1) is 23.6. The molecule has 0 saturated carbocycles.